The minimum atomic E-state index is 0.325. The lowest BCUT2D eigenvalue weighted by Crippen LogP contribution is -2.02. The number of carbonyl (C=O) groups excluding carboxylic acids is 1. The summed E-state index contributed by atoms with van der Waals surface area (Å²) in [6, 6.07) is 9.88. The Morgan fingerprint density at radius 2 is 1.92 bits per heavy atom. The molecule has 13 heavy (non-hydrogen) atoms. The van der Waals surface area contributed by atoms with Gasteiger partial charge in [0.15, 0.2) is 0 Å². The molecule has 1 nitrogen and oxygen atoms in total. The van der Waals surface area contributed by atoms with Crippen LogP contribution in [0.15, 0.2) is 30.3 Å². The second-order valence-corrected chi connectivity index (χ2v) is 3.79. The number of ketones is 1. The van der Waals surface area contributed by atoms with Gasteiger partial charge in [0.05, 0.1) is 0 Å². The highest BCUT2D eigenvalue weighted by atomic mass is 79.9. The minimum absolute atomic E-state index is 0.325. The van der Waals surface area contributed by atoms with E-state index in [0.717, 1.165) is 17.3 Å². The Hall–Kier alpha value is -0.630. The molecule has 2 heteroatoms. The molecule has 0 aliphatic carbocycles. The van der Waals surface area contributed by atoms with E-state index in [4.69, 9.17) is 0 Å². The molecule has 0 aromatic heterocycles. The number of Topliss-reactive ketones (excluding diaryl/α,β-unsaturated/α-hetero) is 1. The van der Waals surface area contributed by atoms with Crippen LogP contribution >= 0.6 is 15.9 Å². The van der Waals surface area contributed by atoms with E-state index in [1.54, 1.807) is 0 Å². The van der Waals surface area contributed by atoms with Gasteiger partial charge < -0.3 is 0 Å². The molecule has 0 saturated carbocycles. The first kappa shape index (κ1) is 10.5. The van der Waals surface area contributed by atoms with Crippen molar-refractivity contribution in [3.8, 4) is 0 Å². The van der Waals surface area contributed by atoms with Crippen LogP contribution in [0.25, 0.3) is 0 Å². The quantitative estimate of drug-likeness (QED) is 0.724. The van der Waals surface area contributed by atoms with Crippen molar-refractivity contribution in [1.29, 1.82) is 0 Å². The van der Waals surface area contributed by atoms with Crippen molar-refractivity contribution in [2.24, 2.45) is 0 Å². The average Bonchev–Trinajstić information content (AvgIpc) is 2.16. The van der Waals surface area contributed by atoms with Crippen LogP contribution in [-0.2, 0) is 11.2 Å². The number of halogens is 1. The molecular weight excluding hydrogens is 228 g/mol. The Balaban J connectivity index is 2.37. The maximum atomic E-state index is 11.4. The Labute approximate surface area is 87.3 Å². The fraction of sp³-hybridized carbons (Fsp3) is 0.364. The molecule has 0 unspecified atom stereocenters. The summed E-state index contributed by atoms with van der Waals surface area (Å²) in [6.45, 7) is 0. The Morgan fingerprint density at radius 3 is 2.54 bits per heavy atom. The van der Waals surface area contributed by atoms with Gasteiger partial charge in [-0.1, -0.05) is 46.3 Å². The number of rotatable bonds is 5. The highest BCUT2D eigenvalue weighted by Crippen LogP contribution is 2.04. The second-order valence-electron chi connectivity index (χ2n) is 2.99. The van der Waals surface area contributed by atoms with Gasteiger partial charge in [-0.3, -0.25) is 4.79 Å². The molecule has 0 aliphatic heterocycles. The Morgan fingerprint density at radius 1 is 1.23 bits per heavy atom. The van der Waals surface area contributed by atoms with Crippen LogP contribution in [0.1, 0.15) is 18.4 Å². The predicted octanol–water partition coefficient (Wildman–Crippen LogP) is 2.97. The van der Waals surface area contributed by atoms with Crippen molar-refractivity contribution in [2.75, 3.05) is 5.33 Å². The molecule has 0 atom stereocenters. The molecule has 0 aliphatic rings. The zero-order valence-corrected chi connectivity index (χ0v) is 9.09. The highest BCUT2D eigenvalue weighted by molar-refractivity contribution is 9.09. The van der Waals surface area contributed by atoms with Gasteiger partial charge >= 0.3 is 0 Å². The standard InChI is InChI=1S/C11H13BrO/c12-8-4-7-11(13)9-10-5-2-1-3-6-10/h1-3,5-6H,4,7-9H2. The Kier molecular flexibility index (Phi) is 4.76. The fourth-order valence-electron chi connectivity index (χ4n) is 1.18. The van der Waals surface area contributed by atoms with Gasteiger partial charge in [0.25, 0.3) is 0 Å². The van der Waals surface area contributed by atoms with Crippen LogP contribution in [0.3, 0.4) is 0 Å². The summed E-state index contributed by atoms with van der Waals surface area (Å²) in [7, 11) is 0. The average molecular weight is 241 g/mol. The van der Waals surface area contributed by atoms with Gasteiger partial charge in [-0.15, -0.1) is 0 Å². The molecule has 0 N–H and O–H groups in total. The summed E-state index contributed by atoms with van der Waals surface area (Å²) in [6.07, 6.45) is 2.19. The zero-order valence-electron chi connectivity index (χ0n) is 7.50. The topological polar surface area (TPSA) is 17.1 Å². The third kappa shape index (κ3) is 4.23. The molecule has 0 saturated heterocycles. The first-order chi connectivity index (χ1) is 6.33. The van der Waals surface area contributed by atoms with E-state index in [2.05, 4.69) is 15.9 Å². The summed E-state index contributed by atoms with van der Waals surface area (Å²) in [5.74, 6) is 0.325. The number of hydrogen-bond donors (Lipinski definition) is 0. The molecule has 0 spiro atoms. The summed E-state index contributed by atoms with van der Waals surface area (Å²) in [4.78, 5) is 11.4. The zero-order chi connectivity index (χ0) is 9.52. The van der Waals surface area contributed by atoms with E-state index in [1.807, 2.05) is 30.3 Å². The largest absolute Gasteiger partial charge is 0.299 e. The Bertz CT molecular complexity index is 256. The first-order valence-electron chi connectivity index (χ1n) is 4.44. The minimum Gasteiger partial charge on any atom is -0.299 e. The highest BCUT2D eigenvalue weighted by Gasteiger charge is 2.01. The number of benzene rings is 1. The van der Waals surface area contributed by atoms with Gasteiger partial charge in [0.1, 0.15) is 5.78 Å². The summed E-state index contributed by atoms with van der Waals surface area (Å²) in [5, 5.41) is 0.910. The summed E-state index contributed by atoms with van der Waals surface area (Å²) < 4.78 is 0. The van der Waals surface area contributed by atoms with Crippen molar-refractivity contribution < 1.29 is 4.79 Å². The van der Waals surface area contributed by atoms with Crippen LogP contribution in [0.4, 0.5) is 0 Å². The van der Waals surface area contributed by atoms with Crippen LogP contribution < -0.4 is 0 Å². The van der Waals surface area contributed by atoms with E-state index < -0.39 is 0 Å². The van der Waals surface area contributed by atoms with E-state index in [-0.39, 0.29) is 0 Å². The maximum Gasteiger partial charge on any atom is 0.137 e. The lowest BCUT2D eigenvalue weighted by Gasteiger charge is -1.99. The number of alkyl halides is 1. The van der Waals surface area contributed by atoms with E-state index >= 15 is 0 Å². The molecule has 0 heterocycles. The molecule has 1 aromatic rings. The normalized spacial score (nSPS) is 9.92. The first-order valence-corrected chi connectivity index (χ1v) is 5.56. The van der Waals surface area contributed by atoms with Crippen LogP contribution in [0.2, 0.25) is 0 Å². The van der Waals surface area contributed by atoms with Crippen molar-refractivity contribution in [3.63, 3.8) is 0 Å². The summed E-state index contributed by atoms with van der Waals surface area (Å²) >= 11 is 3.31. The van der Waals surface area contributed by atoms with Crippen LogP contribution in [0, 0.1) is 0 Å². The lowest BCUT2D eigenvalue weighted by molar-refractivity contribution is -0.118. The lowest BCUT2D eigenvalue weighted by atomic mass is 10.1. The second kappa shape index (κ2) is 5.92. The molecule has 0 amide bonds. The predicted molar refractivity (Wildman–Crippen MR) is 58.2 cm³/mol. The van der Waals surface area contributed by atoms with Crippen molar-refractivity contribution >= 4 is 21.7 Å². The smallest absolute Gasteiger partial charge is 0.137 e. The fourth-order valence-corrected chi connectivity index (χ4v) is 1.46. The van der Waals surface area contributed by atoms with E-state index in [1.165, 1.54) is 0 Å². The molecule has 70 valence electrons. The number of carbonyl (C=O) groups is 1. The third-order valence-corrected chi connectivity index (χ3v) is 2.39. The summed E-state index contributed by atoms with van der Waals surface area (Å²) in [5.41, 5.74) is 1.11. The maximum absolute atomic E-state index is 11.4. The molecule has 0 fully saturated rings. The molecule has 1 rings (SSSR count). The molecule has 0 bridgehead atoms. The van der Waals surface area contributed by atoms with Gasteiger partial charge in [0, 0.05) is 18.2 Å². The van der Waals surface area contributed by atoms with Crippen molar-refractivity contribution in [1.82, 2.24) is 0 Å². The monoisotopic (exact) mass is 240 g/mol. The van der Waals surface area contributed by atoms with Gasteiger partial charge in [-0.05, 0) is 12.0 Å². The third-order valence-electron chi connectivity index (χ3n) is 1.83. The van der Waals surface area contributed by atoms with E-state index in [0.29, 0.717) is 18.6 Å². The molecule has 0 radical (unpaired) electrons. The molecule has 1 aromatic carbocycles. The van der Waals surface area contributed by atoms with Crippen molar-refractivity contribution in [2.45, 2.75) is 19.3 Å². The number of hydrogen-bond acceptors (Lipinski definition) is 1. The molecular formula is C11H13BrO. The van der Waals surface area contributed by atoms with Crippen molar-refractivity contribution in [3.05, 3.63) is 35.9 Å². The van der Waals surface area contributed by atoms with E-state index in [9.17, 15) is 4.79 Å². The SMILES string of the molecule is O=C(CCCBr)Cc1ccccc1. The van der Waals surface area contributed by atoms with Gasteiger partial charge in [-0.25, -0.2) is 0 Å². The van der Waals surface area contributed by atoms with Gasteiger partial charge in [0.2, 0.25) is 0 Å². The van der Waals surface area contributed by atoms with Gasteiger partial charge in [-0.2, -0.15) is 0 Å². The van der Waals surface area contributed by atoms with Crippen LogP contribution in [0.5, 0.6) is 0 Å². The van der Waals surface area contributed by atoms with Crippen LogP contribution in [-0.4, -0.2) is 11.1 Å².